The molecule has 0 spiro atoms. The monoisotopic (exact) mass is 211 g/mol. The van der Waals surface area contributed by atoms with E-state index in [1.807, 2.05) is 0 Å². The fourth-order valence-electron chi connectivity index (χ4n) is 0.470. The largest absolute Gasteiger partial charge is 0.393 e. The number of alkyl halides is 1. The third-order valence-corrected chi connectivity index (χ3v) is 3.46. The zero-order chi connectivity index (χ0) is 6.85. The zero-order valence-electron chi connectivity index (χ0n) is 4.83. The van der Waals surface area contributed by atoms with Gasteiger partial charge in [-0.2, -0.15) is 0 Å². The van der Waals surface area contributed by atoms with Crippen molar-refractivity contribution in [3.8, 4) is 0 Å². The van der Waals surface area contributed by atoms with Crippen molar-refractivity contribution in [2.75, 3.05) is 6.61 Å². The topological polar surface area (TPSA) is 38.7 Å². The van der Waals surface area contributed by atoms with E-state index in [0.717, 1.165) is 0 Å². The summed E-state index contributed by atoms with van der Waals surface area (Å²) < 4.78 is 10.9. The molecule has 0 amide bonds. The first-order valence-electron chi connectivity index (χ1n) is 2.43. The van der Waals surface area contributed by atoms with E-state index in [9.17, 15) is 4.21 Å². The van der Waals surface area contributed by atoms with E-state index in [1.54, 1.807) is 6.92 Å². The Kier molecular flexibility index (Phi) is 2.23. The lowest BCUT2D eigenvalue weighted by molar-refractivity contribution is 0.155. The molecule has 0 aromatic rings. The summed E-state index contributed by atoms with van der Waals surface area (Å²) in [6, 6.07) is 0. The number of rotatable bonds is 0. The molecule has 0 saturated carbocycles. The fraction of sp³-hybridized carbons (Fsp3) is 0.750. The molecular weight excluding hydrogens is 206 g/mol. The van der Waals surface area contributed by atoms with Crippen LogP contribution in [0.25, 0.3) is 0 Å². The molecule has 0 fully saturated rings. The molecule has 5 heteroatoms. The van der Waals surface area contributed by atoms with E-state index in [2.05, 4.69) is 21.1 Å². The van der Waals surface area contributed by atoms with Crippen molar-refractivity contribution >= 4 is 31.8 Å². The van der Waals surface area contributed by atoms with Gasteiger partial charge in [0.05, 0.1) is 10.8 Å². The summed E-state index contributed by atoms with van der Waals surface area (Å²) >= 11 is 3.19. The molecule has 0 bridgehead atoms. The molecule has 0 aromatic heterocycles. The van der Waals surface area contributed by atoms with Crippen LogP contribution in [0.3, 0.4) is 0 Å². The van der Waals surface area contributed by atoms with Crippen LogP contribution in [0.15, 0.2) is 5.16 Å². The van der Waals surface area contributed by atoms with Gasteiger partial charge >= 0.3 is 0 Å². The molecule has 3 nitrogen and oxygen atoms in total. The Labute approximate surface area is 64.0 Å². The van der Waals surface area contributed by atoms with Crippen LogP contribution in [0, 0.1) is 0 Å². The van der Waals surface area contributed by atoms with Crippen molar-refractivity contribution in [2.45, 2.75) is 11.1 Å². The summed E-state index contributed by atoms with van der Waals surface area (Å²) in [5.41, 5.74) is 0. The smallest absolute Gasteiger partial charge is 0.141 e. The lowest BCUT2D eigenvalue weighted by Crippen LogP contribution is -2.23. The van der Waals surface area contributed by atoms with Crippen molar-refractivity contribution in [1.82, 2.24) is 0 Å². The highest BCUT2D eigenvalue weighted by Gasteiger charge is 2.20. The van der Waals surface area contributed by atoms with Gasteiger partial charge in [-0.1, -0.05) is 21.1 Å². The van der Waals surface area contributed by atoms with Gasteiger partial charge in [-0.05, 0) is 6.92 Å². The summed E-state index contributed by atoms with van der Waals surface area (Å²) in [5.74, 6) is 0. The second-order valence-electron chi connectivity index (χ2n) is 1.61. The van der Waals surface area contributed by atoms with Crippen molar-refractivity contribution in [2.24, 2.45) is 5.16 Å². The number of oxime groups is 1. The predicted molar refractivity (Wildman–Crippen MR) is 39.9 cm³/mol. The number of halogens is 1. The molecule has 2 unspecified atom stereocenters. The molecule has 9 heavy (non-hydrogen) atoms. The van der Waals surface area contributed by atoms with E-state index < -0.39 is 10.8 Å². The maximum atomic E-state index is 11.0. The number of hydrogen-bond acceptors (Lipinski definition) is 3. The van der Waals surface area contributed by atoms with Crippen LogP contribution < -0.4 is 0 Å². The van der Waals surface area contributed by atoms with E-state index in [1.165, 1.54) is 0 Å². The van der Waals surface area contributed by atoms with Gasteiger partial charge in [-0.25, -0.2) is 0 Å². The SMILES string of the molecule is CC1=NOCC(Br)S1=O. The summed E-state index contributed by atoms with van der Waals surface area (Å²) in [7, 11) is -0.988. The fourth-order valence-corrected chi connectivity index (χ4v) is 2.08. The Hall–Kier alpha value is 0.1000. The normalized spacial score (nSPS) is 35.1. The first-order chi connectivity index (χ1) is 4.22. The van der Waals surface area contributed by atoms with Gasteiger partial charge in [0.1, 0.15) is 15.8 Å². The molecule has 1 rings (SSSR count). The van der Waals surface area contributed by atoms with Gasteiger partial charge in [0.25, 0.3) is 0 Å². The van der Waals surface area contributed by atoms with E-state index in [-0.39, 0.29) is 4.16 Å². The van der Waals surface area contributed by atoms with Crippen LogP contribution in [0.4, 0.5) is 0 Å². The van der Waals surface area contributed by atoms with Crippen molar-refractivity contribution in [1.29, 1.82) is 0 Å². The molecule has 0 aliphatic carbocycles. The Morgan fingerprint density at radius 2 is 2.67 bits per heavy atom. The summed E-state index contributed by atoms with van der Waals surface area (Å²) in [6.45, 7) is 2.08. The summed E-state index contributed by atoms with van der Waals surface area (Å²) in [5, 5.41) is 4.09. The Bertz CT molecular complexity index is 170. The standard InChI is InChI=1S/C4H6BrNO2S/c1-3-6-8-2-4(5)9(3)7/h4H,2H2,1H3. The minimum absolute atomic E-state index is 0.0880. The van der Waals surface area contributed by atoms with Crippen LogP contribution >= 0.6 is 15.9 Å². The van der Waals surface area contributed by atoms with Crippen LogP contribution in [0.5, 0.6) is 0 Å². The maximum absolute atomic E-state index is 11.0. The lowest BCUT2D eigenvalue weighted by Gasteiger charge is -2.12. The van der Waals surface area contributed by atoms with Crippen LogP contribution in [0.1, 0.15) is 6.92 Å². The Balaban J connectivity index is 2.74. The average Bonchev–Trinajstić information content (AvgIpc) is 1.83. The van der Waals surface area contributed by atoms with Gasteiger partial charge in [0.2, 0.25) is 0 Å². The highest BCUT2D eigenvalue weighted by Crippen LogP contribution is 2.12. The molecule has 1 aliphatic heterocycles. The van der Waals surface area contributed by atoms with Crippen molar-refractivity contribution in [3.05, 3.63) is 0 Å². The molecule has 1 aliphatic rings. The Morgan fingerprint density at radius 1 is 2.00 bits per heavy atom. The second-order valence-corrected chi connectivity index (χ2v) is 5.08. The van der Waals surface area contributed by atoms with Crippen LogP contribution in [0.2, 0.25) is 0 Å². The quantitative estimate of drug-likeness (QED) is 0.557. The molecule has 52 valence electrons. The van der Waals surface area contributed by atoms with Crippen LogP contribution in [-0.2, 0) is 15.6 Å². The molecule has 0 N–H and O–H groups in total. The molecule has 1 heterocycles. The van der Waals surface area contributed by atoms with Gasteiger partial charge in [0, 0.05) is 0 Å². The maximum Gasteiger partial charge on any atom is 0.141 e. The van der Waals surface area contributed by atoms with E-state index in [0.29, 0.717) is 11.7 Å². The molecule has 0 saturated heterocycles. The van der Waals surface area contributed by atoms with E-state index >= 15 is 0 Å². The van der Waals surface area contributed by atoms with E-state index in [4.69, 9.17) is 4.84 Å². The highest BCUT2D eigenvalue weighted by atomic mass is 79.9. The van der Waals surface area contributed by atoms with Gasteiger partial charge < -0.3 is 4.84 Å². The molecule has 0 radical (unpaired) electrons. The molecule has 0 aromatic carbocycles. The van der Waals surface area contributed by atoms with Gasteiger partial charge in [-0.15, -0.1) is 0 Å². The zero-order valence-corrected chi connectivity index (χ0v) is 7.24. The highest BCUT2D eigenvalue weighted by molar-refractivity contribution is 9.11. The van der Waals surface area contributed by atoms with Gasteiger partial charge in [-0.3, -0.25) is 4.21 Å². The third-order valence-electron chi connectivity index (χ3n) is 0.922. The predicted octanol–water partition coefficient (Wildman–Crippen LogP) is 0.820. The summed E-state index contributed by atoms with van der Waals surface area (Å²) in [6.07, 6.45) is 0. The minimum Gasteiger partial charge on any atom is -0.393 e. The molecule has 2 atom stereocenters. The van der Waals surface area contributed by atoms with Crippen LogP contribution in [-0.4, -0.2) is 20.0 Å². The van der Waals surface area contributed by atoms with Gasteiger partial charge in [0.15, 0.2) is 0 Å². The minimum atomic E-state index is -0.988. The average molecular weight is 212 g/mol. The first kappa shape index (κ1) is 7.21. The molecular formula is C4H6BrNO2S. The summed E-state index contributed by atoms with van der Waals surface area (Å²) in [4.78, 5) is 4.71. The van der Waals surface area contributed by atoms with Crippen molar-refractivity contribution in [3.63, 3.8) is 0 Å². The number of nitrogens with zero attached hydrogens (tertiary/aromatic N) is 1. The third kappa shape index (κ3) is 1.52. The van der Waals surface area contributed by atoms with Crippen molar-refractivity contribution < 1.29 is 9.05 Å². The lowest BCUT2D eigenvalue weighted by atomic mass is 10.8. The first-order valence-corrected chi connectivity index (χ1v) is 4.56. The second kappa shape index (κ2) is 2.79. The number of hydrogen-bond donors (Lipinski definition) is 0. The Morgan fingerprint density at radius 3 is 3.11 bits per heavy atom.